The average molecular weight is 799 g/mol. The van der Waals surface area contributed by atoms with Crippen LogP contribution in [0.2, 0.25) is 10.0 Å². The van der Waals surface area contributed by atoms with Gasteiger partial charge >= 0.3 is 12.0 Å². The minimum Gasteiger partial charge on any atom is -0.493 e. The largest absolute Gasteiger partial charge is 0.493 e. The molecule has 0 saturated carbocycles. The van der Waals surface area contributed by atoms with Crippen LogP contribution < -0.4 is 30.3 Å². The molecule has 3 aromatic rings. The fourth-order valence-corrected chi connectivity index (χ4v) is 6.11. The lowest BCUT2D eigenvalue weighted by molar-refractivity contribution is -0.139. The number of hydrazone groups is 1. The molecule has 242 valence electrons. The molecular formula is C31H28Br2Cl2N4O7. The van der Waals surface area contributed by atoms with Gasteiger partial charge in [-0.05, 0) is 98.8 Å². The predicted molar refractivity (Wildman–Crippen MR) is 181 cm³/mol. The maximum atomic E-state index is 12.6. The van der Waals surface area contributed by atoms with Gasteiger partial charge in [-0.2, -0.15) is 5.10 Å². The summed E-state index contributed by atoms with van der Waals surface area (Å²) >= 11 is 19.1. The number of halogens is 4. The molecule has 15 heteroatoms. The van der Waals surface area contributed by atoms with Crippen LogP contribution in [0.25, 0.3) is 0 Å². The van der Waals surface area contributed by atoms with Crippen molar-refractivity contribution in [1.29, 1.82) is 0 Å². The van der Waals surface area contributed by atoms with E-state index in [0.717, 1.165) is 5.56 Å². The van der Waals surface area contributed by atoms with E-state index in [4.69, 9.17) is 42.1 Å². The van der Waals surface area contributed by atoms with E-state index < -0.39 is 23.9 Å². The van der Waals surface area contributed by atoms with Crippen LogP contribution in [0.4, 0.5) is 4.79 Å². The Morgan fingerprint density at radius 2 is 1.76 bits per heavy atom. The number of benzene rings is 3. The van der Waals surface area contributed by atoms with Gasteiger partial charge in [-0.1, -0.05) is 35.3 Å². The van der Waals surface area contributed by atoms with Crippen molar-refractivity contribution in [2.24, 2.45) is 5.10 Å². The Bertz CT molecular complexity index is 1700. The molecule has 1 aliphatic rings. The molecule has 11 nitrogen and oxygen atoms in total. The second kappa shape index (κ2) is 16.2. The Kier molecular flexibility index (Phi) is 12.3. The normalized spacial score (nSPS) is 14.4. The zero-order valence-electron chi connectivity index (χ0n) is 24.7. The zero-order valence-corrected chi connectivity index (χ0v) is 29.4. The highest BCUT2D eigenvalue weighted by atomic mass is 79.9. The van der Waals surface area contributed by atoms with Crippen molar-refractivity contribution < 1.29 is 33.3 Å². The summed E-state index contributed by atoms with van der Waals surface area (Å²) in [7, 11) is 1.44. The second-order valence-electron chi connectivity index (χ2n) is 9.63. The van der Waals surface area contributed by atoms with Crippen molar-refractivity contribution >= 4 is 79.2 Å². The van der Waals surface area contributed by atoms with Crippen molar-refractivity contribution in [3.63, 3.8) is 0 Å². The maximum Gasteiger partial charge on any atom is 0.338 e. The first-order valence-corrected chi connectivity index (χ1v) is 16.0. The van der Waals surface area contributed by atoms with Gasteiger partial charge in [0.15, 0.2) is 18.1 Å². The van der Waals surface area contributed by atoms with Gasteiger partial charge in [0.25, 0.3) is 5.91 Å². The van der Waals surface area contributed by atoms with Gasteiger partial charge in [0, 0.05) is 5.70 Å². The molecule has 0 aliphatic carbocycles. The SMILES string of the molecule is CCOC(=O)C1=C(C)NC(=O)N[C@@H]1c1ccc(OCC(=O)N/N=C\c2cc(Br)c(OCc3ccc(Cl)c(Cl)c3)c(Br)c2)c(OC)c1. The van der Waals surface area contributed by atoms with Crippen LogP contribution in [-0.2, 0) is 20.9 Å². The summed E-state index contributed by atoms with van der Waals surface area (Å²) in [5.41, 5.74) is 5.15. The third-order valence-electron chi connectivity index (χ3n) is 6.43. The molecule has 3 N–H and O–H groups in total. The first kappa shape index (κ1) is 35.1. The standard InChI is InChI=1S/C31H28Br2Cl2N4O7/c1-4-44-30(41)27-16(2)37-31(42)38-28(27)19-6-8-24(25(12-19)43-3)45-15-26(40)39-36-13-18-9-20(32)29(21(33)10-18)46-14-17-5-7-22(34)23(35)11-17/h5-13,28H,4,14-15H2,1-3H3,(H,39,40)(H2,37,38,42)/b36-13-/t28-/m1/s1. The number of carbonyl (C=O) groups excluding carboxylic acids is 3. The quantitative estimate of drug-likeness (QED) is 0.104. The molecule has 46 heavy (non-hydrogen) atoms. The molecule has 1 aliphatic heterocycles. The molecule has 0 aromatic heterocycles. The molecule has 0 radical (unpaired) electrons. The molecule has 0 bridgehead atoms. The smallest absolute Gasteiger partial charge is 0.338 e. The molecule has 3 aromatic carbocycles. The first-order valence-electron chi connectivity index (χ1n) is 13.6. The number of ether oxygens (including phenoxy) is 4. The van der Waals surface area contributed by atoms with Crippen molar-refractivity contribution in [3.05, 3.63) is 95.5 Å². The Labute approximate surface area is 291 Å². The van der Waals surface area contributed by atoms with Gasteiger partial charge in [0.05, 0.1) is 50.5 Å². The lowest BCUT2D eigenvalue weighted by atomic mass is 9.95. The number of nitrogens with one attached hydrogen (secondary N) is 3. The fraction of sp³-hybridized carbons (Fsp3) is 0.226. The van der Waals surface area contributed by atoms with E-state index in [9.17, 15) is 14.4 Å². The number of hydrogen-bond donors (Lipinski definition) is 3. The van der Waals surface area contributed by atoms with Gasteiger partial charge in [-0.25, -0.2) is 15.0 Å². The Balaban J connectivity index is 1.35. The summed E-state index contributed by atoms with van der Waals surface area (Å²) in [6.07, 6.45) is 1.47. The van der Waals surface area contributed by atoms with Gasteiger partial charge < -0.3 is 29.6 Å². The van der Waals surface area contributed by atoms with E-state index in [0.29, 0.717) is 47.3 Å². The number of carbonyl (C=O) groups is 3. The molecule has 1 heterocycles. The van der Waals surface area contributed by atoms with E-state index in [-0.39, 0.29) is 31.1 Å². The molecule has 0 unspecified atom stereocenters. The van der Waals surface area contributed by atoms with E-state index in [2.05, 4.69) is 53.0 Å². The number of nitrogens with zero attached hydrogens (tertiary/aromatic N) is 1. The topological polar surface area (TPSA) is 137 Å². The predicted octanol–water partition coefficient (Wildman–Crippen LogP) is 6.83. The summed E-state index contributed by atoms with van der Waals surface area (Å²) in [6, 6.07) is 12.4. The summed E-state index contributed by atoms with van der Waals surface area (Å²) < 4.78 is 23.6. The second-order valence-corrected chi connectivity index (χ2v) is 12.2. The third-order valence-corrected chi connectivity index (χ3v) is 8.35. The van der Waals surface area contributed by atoms with Crippen LogP contribution >= 0.6 is 55.1 Å². The number of amides is 3. The van der Waals surface area contributed by atoms with Gasteiger partial charge in [0.1, 0.15) is 12.4 Å². The number of hydrogen-bond acceptors (Lipinski definition) is 8. The number of allylic oxidation sites excluding steroid dienone is 1. The molecule has 1 atom stereocenters. The Hall–Kier alpha value is -3.78. The van der Waals surface area contributed by atoms with Crippen molar-refractivity contribution in [2.75, 3.05) is 20.3 Å². The van der Waals surface area contributed by atoms with E-state index >= 15 is 0 Å². The highest BCUT2D eigenvalue weighted by Crippen LogP contribution is 2.36. The monoisotopic (exact) mass is 796 g/mol. The highest BCUT2D eigenvalue weighted by Gasteiger charge is 2.32. The summed E-state index contributed by atoms with van der Waals surface area (Å²) in [5.74, 6) is 0.0622. The lowest BCUT2D eigenvalue weighted by Crippen LogP contribution is -2.45. The summed E-state index contributed by atoms with van der Waals surface area (Å²) in [5, 5.41) is 10.2. The van der Waals surface area contributed by atoms with Crippen LogP contribution in [0, 0.1) is 0 Å². The summed E-state index contributed by atoms with van der Waals surface area (Å²) in [4.78, 5) is 37.2. The first-order chi connectivity index (χ1) is 22.0. The van der Waals surface area contributed by atoms with Crippen LogP contribution in [0.1, 0.15) is 36.6 Å². The molecule has 0 fully saturated rings. The third kappa shape index (κ3) is 8.93. The molecule has 0 saturated heterocycles. The average Bonchev–Trinajstić information content (AvgIpc) is 3.01. The molecule has 3 amide bonds. The molecule has 0 spiro atoms. The van der Waals surface area contributed by atoms with Crippen LogP contribution in [0.3, 0.4) is 0 Å². The van der Waals surface area contributed by atoms with Crippen LogP contribution in [0.15, 0.2) is 73.8 Å². The minimum absolute atomic E-state index is 0.178. The molecular weight excluding hydrogens is 771 g/mol. The fourth-order valence-electron chi connectivity index (χ4n) is 4.34. The van der Waals surface area contributed by atoms with Crippen LogP contribution in [0.5, 0.6) is 17.2 Å². The van der Waals surface area contributed by atoms with E-state index in [1.807, 2.05) is 6.07 Å². The summed E-state index contributed by atoms with van der Waals surface area (Å²) in [6.45, 7) is 3.40. The van der Waals surface area contributed by atoms with Crippen molar-refractivity contribution in [3.8, 4) is 17.2 Å². The lowest BCUT2D eigenvalue weighted by Gasteiger charge is -2.28. The minimum atomic E-state index is -0.781. The molecule has 4 rings (SSSR count). The number of methoxy groups -OCH3 is 1. The number of esters is 1. The van der Waals surface area contributed by atoms with Gasteiger partial charge in [-0.15, -0.1) is 0 Å². The maximum absolute atomic E-state index is 12.6. The Morgan fingerprint density at radius 3 is 2.43 bits per heavy atom. The van der Waals surface area contributed by atoms with Gasteiger partial charge in [-0.3, -0.25) is 4.79 Å². The van der Waals surface area contributed by atoms with Gasteiger partial charge in [0.2, 0.25) is 0 Å². The zero-order chi connectivity index (χ0) is 33.4. The van der Waals surface area contributed by atoms with Crippen LogP contribution in [-0.4, -0.2) is 44.4 Å². The van der Waals surface area contributed by atoms with E-state index in [1.54, 1.807) is 56.3 Å². The highest BCUT2D eigenvalue weighted by molar-refractivity contribution is 9.11. The van der Waals surface area contributed by atoms with E-state index in [1.165, 1.54) is 13.3 Å². The number of urea groups is 1. The van der Waals surface area contributed by atoms with Crippen molar-refractivity contribution in [2.45, 2.75) is 26.5 Å². The number of rotatable bonds is 12. The van der Waals surface area contributed by atoms with Crippen molar-refractivity contribution in [1.82, 2.24) is 16.1 Å². The Morgan fingerprint density at radius 1 is 1.02 bits per heavy atom.